The highest BCUT2D eigenvalue weighted by Crippen LogP contribution is 2.34. The fourth-order valence-corrected chi connectivity index (χ4v) is 6.65. The molecule has 0 saturated heterocycles. The fourth-order valence-electron chi connectivity index (χ4n) is 5.26. The van der Waals surface area contributed by atoms with E-state index >= 15 is 0 Å². The van der Waals surface area contributed by atoms with Gasteiger partial charge in [0.2, 0.25) is 0 Å². The number of amides is 1. The van der Waals surface area contributed by atoms with Crippen LogP contribution in [0.2, 0.25) is 0 Å². The summed E-state index contributed by atoms with van der Waals surface area (Å²) >= 11 is 0. The molecular weight excluding hydrogens is 642 g/mol. The molecule has 0 aliphatic rings. The molecule has 3 aromatic heterocycles. The van der Waals surface area contributed by atoms with Gasteiger partial charge in [-0.2, -0.15) is 0 Å². The van der Waals surface area contributed by atoms with Crippen LogP contribution in [0, 0.1) is 11.6 Å². The number of para-hydroxylation sites is 1. The van der Waals surface area contributed by atoms with Gasteiger partial charge in [-0.3, -0.25) is 9.59 Å². The smallest absolute Gasteiger partial charge is 0.356 e. The number of carbonyl (C=O) groups excluding carboxylic acids is 2. The second kappa shape index (κ2) is 13.0. The molecular formula is C35H26F2N4O6S. The molecule has 0 radical (unpaired) electrons. The van der Waals surface area contributed by atoms with Crippen LogP contribution >= 0.6 is 0 Å². The highest BCUT2D eigenvalue weighted by molar-refractivity contribution is 7.90. The molecule has 0 saturated carbocycles. The molecule has 0 fully saturated rings. The minimum absolute atomic E-state index is 0.0874. The van der Waals surface area contributed by atoms with E-state index in [-0.39, 0.29) is 34.9 Å². The number of ether oxygens (including phenoxy) is 1. The number of esters is 1. The van der Waals surface area contributed by atoms with E-state index in [1.54, 1.807) is 48.5 Å². The molecule has 242 valence electrons. The number of rotatable bonds is 9. The van der Waals surface area contributed by atoms with Gasteiger partial charge in [0, 0.05) is 23.3 Å². The van der Waals surface area contributed by atoms with Crippen LogP contribution in [0.3, 0.4) is 0 Å². The zero-order valence-electron chi connectivity index (χ0n) is 25.3. The van der Waals surface area contributed by atoms with Gasteiger partial charge in [0.15, 0.2) is 11.6 Å². The standard InChI is InChI=1S/C35H26F2N4O6S/c1-47-35(44)31-18-23(28-21-41(32-12-6-5-10-26(28)32)48(45,46)25-8-3-2-4-9-25)17-24(39-31)19-38-33(42)27-11-7-15-40(34(27)43)20-22-13-14-29(36)30(37)16-22/h2-18,21H,19-20H2,1H3,(H,38,42). The molecule has 3 heterocycles. The Hall–Kier alpha value is -5.95. The molecule has 1 N–H and O–H groups in total. The number of aromatic nitrogens is 3. The molecule has 0 atom stereocenters. The first-order valence-electron chi connectivity index (χ1n) is 14.5. The van der Waals surface area contributed by atoms with Gasteiger partial charge in [-0.05, 0) is 65.7 Å². The highest BCUT2D eigenvalue weighted by Gasteiger charge is 2.23. The van der Waals surface area contributed by atoms with Crippen molar-refractivity contribution in [1.29, 1.82) is 0 Å². The van der Waals surface area contributed by atoms with E-state index in [2.05, 4.69) is 10.3 Å². The van der Waals surface area contributed by atoms with Crippen molar-refractivity contribution >= 4 is 32.8 Å². The largest absolute Gasteiger partial charge is 0.464 e. The number of nitrogens with zero attached hydrogens (tertiary/aromatic N) is 3. The molecule has 1 amide bonds. The van der Waals surface area contributed by atoms with Crippen molar-refractivity contribution in [3.8, 4) is 11.1 Å². The second-order valence-electron chi connectivity index (χ2n) is 10.7. The molecule has 10 nitrogen and oxygen atoms in total. The lowest BCUT2D eigenvalue weighted by Gasteiger charge is -2.11. The number of nitrogens with one attached hydrogen (secondary N) is 1. The Morgan fingerprint density at radius 2 is 1.65 bits per heavy atom. The second-order valence-corrected chi connectivity index (χ2v) is 12.5. The molecule has 0 unspecified atom stereocenters. The first-order valence-corrected chi connectivity index (χ1v) is 15.9. The predicted octanol–water partition coefficient (Wildman–Crippen LogP) is 5.15. The average molecular weight is 669 g/mol. The summed E-state index contributed by atoms with van der Waals surface area (Å²) < 4.78 is 61.6. The summed E-state index contributed by atoms with van der Waals surface area (Å²) in [6.07, 6.45) is 2.88. The quantitative estimate of drug-likeness (QED) is 0.211. The lowest BCUT2D eigenvalue weighted by Crippen LogP contribution is -2.33. The zero-order chi connectivity index (χ0) is 34.0. The van der Waals surface area contributed by atoms with Crippen molar-refractivity contribution in [2.75, 3.05) is 7.11 Å². The lowest BCUT2D eigenvalue weighted by molar-refractivity contribution is 0.0593. The van der Waals surface area contributed by atoms with Crippen LogP contribution in [-0.4, -0.2) is 40.9 Å². The number of halogens is 2. The normalized spacial score (nSPS) is 11.4. The van der Waals surface area contributed by atoms with Gasteiger partial charge in [-0.1, -0.05) is 42.5 Å². The van der Waals surface area contributed by atoms with E-state index in [1.165, 1.54) is 64.4 Å². The summed E-state index contributed by atoms with van der Waals surface area (Å²) in [6.45, 7) is -0.314. The van der Waals surface area contributed by atoms with E-state index in [1.807, 2.05) is 0 Å². The van der Waals surface area contributed by atoms with Gasteiger partial charge in [-0.25, -0.2) is 30.9 Å². The highest BCUT2D eigenvalue weighted by atomic mass is 32.2. The van der Waals surface area contributed by atoms with E-state index < -0.39 is 39.1 Å². The molecule has 0 spiro atoms. The zero-order valence-corrected chi connectivity index (χ0v) is 26.1. The number of carbonyl (C=O) groups is 2. The molecule has 6 aromatic rings. The number of hydrogen-bond acceptors (Lipinski definition) is 7. The summed E-state index contributed by atoms with van der Waals surface area (Å²) in [5, 5.41) is 3.22. The SMILES string of the molecule is COC(=O)c1cc(-c2cn(S(=O)(=O)c3ccccc3)c3ccccc23)cc(CNC(=O)c2cccn(Cc3ccc(F)c(F)c3)c2=O)n1. The summed E-state index contributed by atoms with van der Waals surface area (Å²) in [6, 6.07) is 24.0. The molecule has 48 heavy (non-hydrogen) atoms. The van der Waals surface area contributed by atoms with Crippen molar-refractivity contribution in [2.24, 2.45) is 0 Å². The molecule has 0 aliphatic carbocycles. The van der Waals surface area contributed by atoms with Crippen LogP contribution in [0.1, 0.15) is 32.1 Å². The first-order chi connectivity index (χ1) is 23.1. The Labute approximate surface area is 272 Å². The number of fused-ring (bicyclic) bond motifs is 1. The van der Waals surface area contributed by atoms with Crippen molar-refractivity contribution in [3.05, 3.63) is 154 Å². The number of methoxy groups -OCH3 is 1. The summed E-state index contributed by atoms with van der Waals surface area (Å²) in [7, 11) is -2.80. The Bertz CT molecular complexity index is 2370. The van der Waals surface area contributed by atoms with Crippen molar-refractivity contribution < 1.29 is 31.5 Å². The number of hydrogen-bond donors (Lipinski definition) is 1. The third-order valence-corrected chi connectivity index (χ3v) is 9.28. The van der Waals surface area contributed by atoms with Gasteiger partial charge in [-0.15, -0.1) is 0 Å². The third-order valence-electron chi connectivity index (χ3n) is 7.59. The third kappa shape index (κ3) is 6.22. The fraction of sp³-hybridized carbons (Fsp3) is 0.0857. The van der Waals surface area contributed by atoms with Gasteiger partial charge >= 0.3 is 5.97 Å². The predicted molar refractivity (Wildman–Crippen MR) is 173 cm³/mol. The topological polar surface area (TPSA) is 129 Å². The van der Waals surface area contributed by atoms with Crippen LogP contribution in [0.5, 0.6) is 0 Å². The summed E-state index contributed by atoms with van der Waals surface area (Å²) in [4.78, 5) is 43.3. The maximum atomic E-state index is 13.7. The van der Waals surface area contributed by atoms with Gasteiger partial charge in [0.05, 0.1) is 36.3 Å². The van der Waals surface area contributed by atoms with Gasteiger partial charge in [0.25, 0.3) is 21.5 Å². The van der Waals surface area contributed by atoms with Gasteiger partial charge in [0.1, 0.15) is 11.3 Å². The van der Waals surface area contributed by atoms with Crippen LogP contribution in [0.25, 0.3) is 22.0 Å². The van der Waals surface area contributed by atoms with E-state index in [4.69, 9.17) is 4.74 Å². The van der Waals surface area contributed by atoms with E-state index in [0.717, 1.165) is 12.1 Å². The molecule has 3 aromatic carbocycles. The lowest BCUT2D eigenvalue weighted by atomic mass is 10.0. The van der Waals surface area contributed by atoms with Crippen LogP contribution in [0.4, 0.5) is 8.78 Å². The van der Waals surface area contributed by atoms with Gasteiger partial charge < -0.3 is 14.6 Å². The van der Waals surface area contributed by atoms with Crippen LogP contribution in [0.15, 0.2) is 119 Å². The average Bonchev–Trinajstić information content (AvgIpc) is 3.50. The Kier molecular flexibility index (Phi) is 8.70. The Morgan fingerprint density at radius 3 is 2.40 bits per heavy atom. The Balaban J connectivity index is 1.33. The van der Waals surface area contributed by atoms with E-state index in [0.29, 0.717) is 27.6 Å². The molecule has 6 rings (SSSR count). The molecule has 0 bridgehead atoms. The van der Waals surface area contributed by atoms with E-state index in [9.17, 15) is 31.6 Å². The molecule has 13 heteroatoms. The van der Waals surface area contributed by atoms with Crippen molar-refractivity contribution in [2.45, 2.75) is 18.0 Å². The monoisotopic (exact) mass is 668 g/mol. The maximum absolute atomic E-state index is 13.7. The van der Waals surface area contributed by atoms with Crippen LogP contribution in [-0.2, 0) is 27.8 Å². The van der Waals surface area contributed by atoms with Crippen LogP contribution < -0.4 is 10.9 Å². The first kappa shape index (κ1) is 32.0. The Morgan fingerprint density at radius 1 is 0.896 bits per heavy atom. The minimum atomic E-state index is -3.99. The summed E-state index contributed by atoms with van der Waals surface area (Å²) in [5.74, 6) is -3.57. The number of benzene rings is 3. The van der Waals surface area contributed by atoms with Crippen molar-refractivity contribution in [1.82, 2.24) is 18.8 Å². The number of pyridine rings is 2. The molecule has 0 aliphatic heterocycles. The van der Waals surface area contributed by atoms with Crippen molar-refractivity contribution in [3.63, 3.8) is 0 Å². The maximum Gasteiger partial charge on any atom is 0.356 e. The summed E-state index contributed by atoms with van der Waals surface area (Å²) in [5.41, 5.74) is 0.907. The minimum Gasteiger partial charge on any atom is -0.464 e.